The van der Waals surface area contributed by atoms with Crippen molar-refractivity contribution in [2.24, 2.45) is 0 Å². The molecule has 1 atom stereocenters. The number of hydrogen-bond acceptors (Lipinski definition) is 6. The van der Waals surface area contributed by atoms with E-state index in [0.717, 1.165) is 36.5 Å². The zero-order chi connectivity index (χ0) is 19.3. The normalized spacial score (nSPS) is 17.4. The lowest BCUT2D eigenvalue weighted by atomic mass is 9.97. The highest BCUT2D eigenvalue weighted by Gasteiger charge is 2.24. The number of benzene rings is 1. The van der Waals surface area contributed by atoms with E-state index in [9.17, 15) is 9.50 Å². The highest BCUT2D eigenvalue weighted by molar-refractivity contribution is 5.65. The topological polar surface area (TPSA) is 74.2 Å². The lowest BCUT2D eigenvalue weighted by Gasteiger charge is -2.30. The van der Waals surface area contributed by atoms with Crippen molar-refractivity contribution in [3.05, 3.63) is 66.5 Å². The third-order valence-corrected chi connectivity index (χ3v) is 4.87. The number of aliphatic hydroxyl groups excluding tert-OH is 1. The van der Waals surface area contributed by atoms with Crippen LogP contribution >= 0.6 is 0 Å². The molecule has 4 rings (SSSR count). The SMILES string of the molecule is OCN1CCCC(c2nc(Nc3cccc(F)c3)cc(-c3cccnc3)n2)C1. The number of nitrogens with zero attached hydrogens (tertiary/aromatic N) is 4. The smallest absolute Gasteiger partial charge is 0.135 e. The molecular formula is C21H22FN5O. The Morgan fingerprint density at radius 3 is 2.89 bits per heavy atom. The second kappa shape index (κ2) is 8.41. The van der Waals surface area contributed by atoms with Gasteiger partial charge in [0, 0.05) is 48.7 Å². The summed E-state index contributed by atoms with van der Waals surface area (Å²) in [4.78, 5) is 15.7. The first-order chi connectivity index (χ1) is 13.7. The van der Waals surface area contributed by atoms with Crippen LogP contribution in [0.4, 0.5) is 15.9 Å². The molecule has 1 unspecified atom stereocenters. The fourth-order valence-corrected chi connectivity index (χ4v) is 3.48. The van der Waals surface area contributed by atoms with Gasteiger partial charge < -0.3 is 10.4 Å². The van der Waals surface area contributed by atoms with Crippen molar-refractivity contribution in [2.45, 2.75) is 18.8 Å². The van der Waals surface area contributed by atoms with Crippen LogP contribution in [-0.2, 0) is 0 Å². The Balaban J connectivity index is 1.70. The van der Waals surface area contributed by atoms with E-state index in [1.807, 2.05) is 23.1 Å². The standard InChI is InChI=1S/C21H22FN5O/c22-17-6-1-7-18(10-17)24-20-11-19(15-4-2-8-23-12-15)25-21(26-20)16-5-3-9-27(13-16)14-28/h1-2,4,6-8,10-12,16,28H,3,5,9,13-14H2,(H,24,25,26). The van der Waals surface area contributed by atoms with Gasteiger partial charge in [-0.1, -0.05) is 6.07 Å². The molecule has 3 heterocycles. The molecular weight excluding hydrogens is 357 g/mol. The first kappa shape index (κ1) is 18.5. The highest BCUT2D eigenvalue weighted by Crippen LogP contribution is 2.29. The van der Waals surface area contributed by atoms with Gasteiger partial charge in [0.15, 0.2) is 0 Å². The summed E-state index contributed by atoms with van der Waals surface area (Å²) in [6, 6.07) is 11.9. The van der Waals surface area contributed by atoms with E-state index in [0.29, 0.717) is 18.1 Å². The summed E-state index contributed by atoms with van der Waals surface area (Å²) in [5.41, 5.74) is 2.28. The molecule has 6 nitrogen and oxygen atoms in total. The maximum atomic E-state index is 13.6. The summed E-state index contributed by atoms with van der Waals surface area (Å²) in [5.74, 6) is 1.15. The summed E-state index contributed by atoms with van der Waals surface area (Å²) >= 11 is 0. The molecule has 2 N–H and O–H groups in total. The molecule has 3 aromatic rings. The predicted octanol–water partition coefficient (Wildman–Crippen LogP) is 3.55. The second-order valence-electron chi connectivity index (χ2n) is 6.93. The van der Waals surface area contributed by atoms with Crippen LogP contribution in [0.2, 0.25) is 0 Å². The largest absolute Gasteiger partial charge is 0.381 e. The summed E-state index contributed by atoms with van der Waals surface area (Å²) in [6.07, 6.45) is 5.43. The van der Waals surface area contributed by atoms with E-state index in [2.05, 4.69) is 10.3 Å². The number of likely N-dealkylation sites (tertiary alicyclic amines) is 1. The van der Waals surface area contributed by atoms with Crippen LogP contribution in [0.5, 0.6) is 0 Å². The van der Waals surface area contributed by atoms with Crippen molar-refractivity contribution in [3.8, 4) is 11.3 Å². The Labute approximate surface area is 163 Å². The quantitative estimate of drug-likeness (QED) is 0.706. The minimum absolute atomic E-state index is 0.0349. The Bertz CT molecular complexity index is 937. The first-order valence-corrected chi connectivity index (χ1v) is 9.36. The van der Waals surface area contributed by atoms with Gasteiger partial charge in [-0.2, -0.15) is 0 Å². The molecule has 2 aromatic heterocycles. The van der Waals surface area contributed by atoms with Crippen molar-refractivity contribution < 1.29 is 9.50 Å². The van der Waals surface area contributed by atoms with E-state index in [1.165, 1.54) is 12.1 Å². The molecule has 1 aliphatic heterocycles. The van der Waals surface area contributed by atoms with Gasteiger partial charge in [0.25, 0.3) is 0 Å². The van der Waals surface area contributed by atoms with E-state index in [1.54, 1.807) is 24.5 Å². The number of halogens is 1. The summed E-state index contributed by atoms with van der Waals surface area (Å²) in [5, 5.41) is 12.7. The number of aromatic nitrogens is 3. The lowest BCUT2D eigenvalue weighted by molar-refractivity contribution is 0.0798. The minimum Gasteiger partial charge on any atom is -0.381 e. The number of hydrogen-bond donors (Lipinski definition) is 2. The zero-order valence-corrected chi connectivity index (χ0v) is 15.4. The Morgan fingerprint density at radius 2 is 2.11 bits per heavy atom. The molecule has 0 bridgehead atoms. The van der Waals surface area contributed by atoms with Crippen molar-refractivity contribution in [1.29, 1.82) is 0 Å². The van der Waals surface area contributed by atoms with E-state index in [-0.39, 0.29) is 18.5 Å². The summed E-state index contributed by atoms with van der Waals surface area (Å²) < 4.78 is 13.6. The molecule has 0 radical (unpaired) electrons. The molecule has 1 aliphatic rings. The fourth-order valence-electron chi connectivity index (χ4n) is 3.48. The molecule has 0 amide bonds. The van der Waals surface area contributed by atoms with Crippen LogP contribution in [0.1, 0.15) is 24.6 Å². The molecule has 144 valence electrons. The number of rotatable bonds is 5. The molecule has 1 fully saturated rings. The summed E-state index contributed by atoms with van der Waals surface area (Å²) in [7, 11) is 0. The van der Waals surface area contributed by atoms with E-state index < -0.39 is 0 Å². The van der Waals surface area contributed by atoms with Gasteiger partial charge in [-0.25, -0.2) is 14.4 Å². The average molecular weight is 379 g/mol. The van der Waals surface area contributed by atoms with Crippen molar-refractivity contribution in [3.63, 3.8) is 0 Å². The number of nitrogens with one attached hydrogen (secondary N) is 1. The maximum absolute atomic E-state index is 13.6. The van der Waals surface area contributed by atoms with Gasteiger partial charge in [0.2, 0.25) is 0 Å². The number of anilines is 2. The third-order valence-electron chi connectivity index (χ3n) is 4.87. The average Bonchev–Trinajstić information content (AvgIpc) is 2.74. The molecule has 0 saturated carbocycles. The number of pyridine rings is 1. The van der Waals surface area contributed by atoms with Gasteiger partial charge in [-0.05, 0) is 43.2 Å². The first-order valence-electron chi connectivity index (χ1n) is 9.36. The van der Waals surface area contributed by atoms with E-state index >= 15 is 0 Å². The molecule has 28 heavy (non-hydrogen) atoms. The zero-order valence-electron chi connectivity index (χ0n) is 15.4. The fraction of sp³-hybridized carbons (Fsp3) is 0.286. The van der Waals surface area contributed by atoms with Crippen LogP contribution in [0.15, 0.2) is 54.9 Å². The molecule has 0 aliphatic carbocycles. The Hall–Kier alpha value is -2.90. The van der Waals surface area contributed by atoms with Gasteiger partial charge in [-0.3, -0.25) is 9.88 Å². The molecule has 0 spiro atoms. The highest BCUT2D eigenvalue weighted by atomic mass is 19.1. The van der Waals surface area contributed by atoms with Gasteiger partial charge >= 0.3 is 0 Å². The number of aliphatic hydroxyl groups is 1. The lowest BCUT2D eigenvalue weighted by Crippen LogP contribution is -2.35. The van der Waals surface area contributed by atoms with Crippen LogP contribution in [0.3, 0.4) is 0 Å². The van der Waals surface area contributed by atoms with Crippen LogP contribution in [0.25, 0.3) is 11.3 Å². The van der Waals surface area contributed by atoms with Gasteiger partial charge in [0.1, 0.15) is 17.5 Å². The van der Waals surface area contributed by atoms with Crippen molar-refractivity contribution in [1.82, 2.24) is 19.9 Å². The van der Waals surface area contributed by atoms with Crippen LogP contribution in [0, 0.1) is 5.82 Å². The molecule has 7 heteroatoms. The minimum atomic E-state index is -0.308. The molecule has 1 aromatic carbocycles. The monoisotopic (exact) mass is 379 g/mol. The molecule has 1 saturated heterocycles. The Kier molecular flexibility index (Phi) is 5.55. The second-order valence-corrected chi connectivity index (χ2v) is 6.93. The van der Waals surface area contributed by atoms with Crippen LogP contribution in [-0.4, -0.2) is 44.8 Å². The number of piperidine rings is 1. The predicted molar refractivity (Wildman–Crippen MR) is 106 cm³/mol. The van der Waals surface area contributed by atoms with Crippen molar-refractivity contribution >= 4 is 11.5 Å². The van der Waals surface area contributed by atoms with Crippen LogP contribution < -0.4 is 5.32 Å². The van der Waals surface area contributed by atoms with Crippen molar-refractivity contribution in [2.75, 3.05) is 25.1 Å². The van der Waals surface area contributed by atoms with Gasteiger partial charge in [0.05, 0.1) is 12.4 Å². The van der Waals surface area contributed by atoms with E-state index in [4.69, 9.17) is 9.97 Å². The third kappa shape index (κ3) is 4.32. The Morgan fingerprint density at radius 1 is 1.18 bits per heavy atom. The summed E-state index contributed by atoms with van der Waals surface area (Å²) in [6.45, 7) is 1.63. The maximum Gasteiger partial charge on any atom is 0.135 e. The van der Waals surface area contributed by atoms with Gasteiger partial charge in [-0.15, -0.1) is 0 Å².